The second-order valence-corrected chi connectivity index (χ2v) is 6.44. The van der Waals surface area contributed by atoms with Crippen LogP contribution < -0.4 is 14.3 Å². The van der Waals surface area contributed by atoms with Crippen molar-refractivity contribution in [3.05, 3.63) is 53.6 Å². The number of aryl methyl sites for hydroxylation is 1. The van der Waals surface area contributed by atoms with Gasteiger partial charge in [0.25, 0.3) is 10.0 Å². The van der Waals surface area contributed by atoms with Gasteiger partial charge in [-0.2, -0.15) is 13.5 Å². The minimum Gasteiger partial charge on any atom is -0.493 e. The van der Waals surface area contributed by atoms with Crippen LogP contribution in [0.3, 0.4) is 0 Å². The Morgan fingerprint density at radius 3 is 2.26 bits per heavy atom. The molecule has 122 valence electrons. The van der Waals surface area contributed by atoms with Crippen LogP contribution in [0, 0.1) is 6.92 Å². The molecule has 0 unspecified atom stereocenters. The van der Waals surface area contributed by atoms with Crippen LogP contribution in [-0.4, -0.2) is 28.9 Å². The van der Waals surface area contributed by atoms with Gasteiger partial charge >= 0.3 is 0 Å². The summed E-state index contributed by atoms with van der Waals surface area (Å²) in [5.74, 6) is 1.13. The first-order valence-electron chi connectivity index (χ1n) is 6.80. The van der Waals surface area contributed by atoms with Crippen LogP contribution in [0.4, 0.5) is 0 Å². The fraction of sp³-hybridized carbons (Fsp3) is 0.188. The maximum Gasteiger partial charge on any atom is 0.276 e. The molecule has 0 saturated heterocycles. The summed E-state index contributed by atoms with van der Waals surface area (Å²) in [6.07, 6.45) is 1.40. The zero-order chi connectivity index (χ0) is 16.9. The molecule has 0 bridgehead atoms. The van der Waals surface area contributed by atoms with Crippen LogP contribution in [0.15, 0.2) is 52.5 Å². The number of hydrazone groups is 1. The van der Waals surface area contributed by atoms with Crippen LogP contribution in [0.5, 0.6) is 11.5 Å². The summed E-state index contributed by atoms with van der Waals surface area (Å²) in [6.45, 7) is 1.89. The number of methoxy groups -OCH3 is 2. The number of nitrogens with one attached hydrogen (secondary N) is 1. The van der Waals surface area contributed by atoms with Gasteiger partial charge in [0.2, 0.25) is 0 Å². The lowest BCUT2D eigenvalue weighted by Crippen LogP contribution is -2.18. The molecule has 0 saturated carbocycles. The van der Waals surface area contributed by atoms with E-state index in [1.807, 2.05) is 6.92 Å². The largest absolute Gasteiger partial charge is 0.493 e. The molecule has 0 aliphatic rings. The molecule has 0 aromatic heterocycles. The molecule has 0 fully saturated rings. The molecule has 2 rings (SSSR count). The second kappa shape index (κ2) is 7.15. The monoisotopic (exact) mass is 334 g/mol. The van der Waals surface area contributed by atoms with Crippen LogP contribution in [0.25, 0.3) is 0 Å². The van der Waals surface area contributed by atoms with Crippen molar-refractivity contribution < 1.29 is 17.9 Å². The van der Waals surface area contributed by atoms with Gasteiger partial charge < -0.3 is 9.47 Å². The van der Waals surface area contributed by atoms with E-state index in [9.17, 15) is 8.42 Å². The number of ether oxygens (including phenoxy) is 2. The Balaban J connectivity index is 2.13. The third kappa shape index (κ3) is 4.23. The quantitative estimate of drug-likeness (QED) is 0.650. The van der Waals surface area contributed by atoms with Gasteiger partial charge in [0.15, 0.2) is 11.5 Å². The fourth-order valence-electron chi connectivity index (χ4n) is 1.87. The van der Waals surface area contributed by atoms with Gasteiger partial charge in [0.1, 0.15) is 0 Å². The molecule has 2 aromatic carbocycles. The van der Waals surface area contributed by atoms with Crippen LogP contribution in [-0.2, 0) is 10.0 Å². The van der Waals surface area contributed by atoms with Crippen molar-refractivity contribution in [2.45, 2.75) is 11.8 Å². The number of benzene rings is 2. The van der Waals surface area contributed by atoms with E-state index in [-0.39, 0.29) is 4.90 Å². The summed E-state index contributed by atoms with van der Waals surface area (Å²) >= 11 is 0. The van der Waals surface area contributed by atoms with Crippen molar-refractivity contribution in [3.63, 3.8) is 0 Å². The van der Waals surface area contributed by atoms with Gasteiger partial charge in [0, 0.05) is 0 Å². The zero-order valence-corrected chi connectivity index (χ0v) is 13.9. The van der Waals surface area contributed by atoms with Crippen molar-refractivity contribution in [2.75, 3.05) is 14.2 Å². The Morgan fingerprint density at radius 1 is 1.00 bits per heavy atom. The Bertz CT molecular complexity index is 799. The summed E-state index contributed by atoms with van der Waals surface area (Å²) in [5.41, 5.74) is 1.66. The summed E-state index contributed by atoms with van der Waals surface area (Å²) in [7, 11) is -0.610. The number of sulfonamides is 1. The Hall–Kier alpha value is -2.54. The molecular weight excluding hydrogens is 316 g/mol. The van der Waals surface area contributed by atoms with Crippen molar-refractivity contribution in [1.82, 2.24) is 4.83 Å². The number of rotatable bonds is 6. The summed E-state index contributed by atoms with van der Waals surface area (Å²) in [6, 6.07) is 11.7. The molecule has 2 aromatic rings. The summed E-state index contributed by atoms with van der Waals surface area (Å²) < 4.78 is 34.5. The smallest absolute Gasteiger partial charge is 0.276 e. The van der Waals surface area contributed by atoms with Crippen molar-refractivity contribution >= 4 is 16.2 Å². The molecule has 0 heterocycles. The SMILES string of the molecule is COc1ccc(/C=N\NS(=O)(=O)c2ccc(C)cc2)cc1OC. The normalized spacial score (nSPS) is 11.4. The molecule has 0 amide bonds. The lowest BCUT2D eigenvalue weighted by molar-refractivity contribution is 0.355. The van der Waals surface area contributed by atoms with E-state index in [0.29, 0.717) is 17.1 Å². The highest BCUT2D eigenvalue weighted by atomic mass is 32.2. The highest BCUT2D eigenvalue weighted by Gasteiger charge is 2.11. The topological polar surface area (TPSA) is 77.0 Å². The van der Waals surface area contributed by atoms with Crippen LogP contribution in [0.2, 0.25) is 0 Å². The standard InChI is InChI=1S/C16H18N2O4S/c1-12-4-7-14(8-5-12)23(19,20)18-17-11-13-6-9-15(21-2)16(10-13)22-3/h4-11,18H,1-3H3/b17-11-. The molecular formula is C16H18N2O4S. The predicted octanol–water partition coefficient (Wildman–Crippen LogP) is 2.32. The predicted molar refractivity (Wildman–Crippen MR) is 88.6 cm³/mol. The molecule has 6 nitrogen and oxygen atoms in total. The average molecular weight is 334 g/mol. The van der Waals surface area contributed by atoms with Crippen LogP contribution >= 0.6 is 0 Å². The van der Waals surface area contributed by atoms with E-state index in [2.05, 4.69) is 9.93 Å². The maximum atomic E-state index is 12.1. The highest BCUT2D eigenvalue weighted by molar-refractivity contribution is 7.89. The van der Waals surface area contributed by atoms with Gasteiger partial charge in [0.05, 0.1) is 25.3 Å². The third-order valence-electron chi connectivity index (χ3n) is 3.13. The van der Waals surface area contributed by atoms with E-state index in [4.69, 9.17) is 9.47 Å². The molecule has 7 heteroatoms. The van der Waals surface area contributed by atoms with Gasteiger partial charge in [-0.1, -0.05) is 17.7 Å². The number of hydrogen-bond donors (Lipinski definition) is 1. The first-order chi connectivity index (χ1) is 11.0. The molecule has 0 aliphatic carbocycles. The maximum absolute atomic E-state index is 12.1. The van der Waals surface area contributed by atoms with Crippen molar-refractivity contribution in [2.24, 2.45) is 5.10 Å². The highest BCUT2D eigenvalue weighted by Crippen LogP contribution is 2.26. The third-order valence-corrected chi connectivity index (χ3v) is 4.36. The second-order valence-electron chi connectivity index (χ2n) is 4.78. The molecule has 23 heavy (non-hydrogen) atoms. The van der Waals surface area contributed by atoms with E-state index < -0.39 is 10.0 Å². The lowest BCUT2D eigenvalue weighted by atomic mass is 10.2. The number of nitrogens with zero attached hydrogens (tertiary/aromatic N) is 1. The Morgan fingerprint density at radius 2 is 1.65 bits per heavy atom. The fourth-order valence-corrected chi connectivity index (χ4v) is 2.66. The Labute approximate surface area is 135 Å². The molecule has 1 N–H and O–H groups in total. The molecule has 0 spiro atoms. The average Bonchev–Trinajstić information content (AvgIpc) is 2.55. The molecule has 0 atom stereocenters. The molecule has 0 aliphatic heterocycles. The van der Waals surface area contributed by atoms with Gasteiger partial charge in [-0.15, -0.1) is 0 Å². The lowest BCUT2D eigenvalue weighted by Gasteiger charge is -2.07. The van der Waals surface area contributed by atoms with Crippen LogP contribution in [0.1, 0.15) is 11.1 Å². The van der Waals surface area contributed by atoms with Crippen molar-refractivity contribution in [3.8, 4) is 11.5 Å². The molecule has 0 radical (unpaired) electrons. The van der Waals surface area contributed by atoms with Gasteiger partial charge in [-0.3, -0.25) is 0 Å². The summed E-state index contributed by atoms with van der Waals surface area (Å²) in [4.78, 5) is 2.34. The van der Waals surface area contributed by atoms with E-state index in [1.54, 1.807) is 37.4 Å². The number of hydrogen-bond acceptors (Lipinski definition) is 5. The first-order valence-corrected chi connectivity index (χ1v) is 8.28. The minimum atomic E-state index is -3.68. The zero-order valence-electron chi connectivity index (χ0n) is 13.1. The van der Waals surface area contributed by atoms with E-state index in [0.717, 1.165) is 5.56 Å². The van der Waals surface area contributed by atoms with Crippen molar-refractivity contribution in [1.29, 1.82) is 0 Å². The van der Waals surface area contributed by atoms with E-state index >= 15 is 0 Å². The first kappa shape index (κ1) is 16.8. The Kier molecular flexibility index (Phi) is 5.23. The summed E-state index contributed by atoms with van der Waals surface area (Å²) in [5, 5.41) is 3.78. The van der Waals surface area contributed by atoms with Gasteiger partial charge in [-0.05, 0) is 42.8 Å². The minimum absolute atomic E-state index is 0.160. The van der Waals surface area contributed by atoms with Gasteiger partial charge in [-0.25, -0.2) is 4.83 Å². The van der Waals surface area contributed by atoms with E-state index in [1.165, 1.54) is 25.5 Å².